The molecule has 0 bridgehead atoms. The topological polar surface area (TPSA) is 12.0 Å². The van der Waals surface area contributed by atoms with Crippen LogP contribution in [0, 0.1) is 5.92 Å². The number of thiophene rings is 1. The van der Waals surface area contributed by atoms with E-state index in [0.29, 0.717) is 12.0 Å². The van der Waals surface area contributed by atoms with E-state index in [1.54, 1.807) is 0 Å². The van der Waals surface area contributed by atoms with Gasteiger partial charge in [-0.3, -0.25) is 0 Å². The molecule has 0 radical (unpaired) electrons. The van der Waals surface area contributed by atoms with Gasteiger partial charge in [0, 0.05) is 14.7 Å². The third-order valence-corrected chi connectivity index (χ3v) is 5.16. The molecular formula is C18H24BrNS. The number of rotatable bonds is 7. The van der Waals surface area contributed by atoms with E-state index in [0.717, 1.165) is 19.4 Å². The Morgan fingerprint density at radius 2 is 2.05 bits per heavy atom. The van der Waals surface area contributed by atoms with Crippen LogP contribution in [-0.4, -0.2) is 6.54 Å². The molecule has 0 saturated carbocycles. The highest BCUT2D eigenvalue weighted by Crippen LogP contribution is 2.30. The minimum Gasteiger partial charge on any atom is -0.306 e. The fourth-order valence-electron chi connectivity index (χ4n) is 2.52. The third kappa shape index (κ3) is 4.94. The molecule has 0 aliphatic carbocycles. The maximum absolute atomic E-state index is 3.69. The summed E-state index contributed by atoms with van der Waals surface area (Å²) in [7, 11) is 0. The van der Waals surface area contributed by atoms with Gasteiger partial charge in [-0.25, -0.2) is 0 Å². The summed E-state index contributed by atoms with van der Waals surface area (Å²) in [6.07, 6.45) is 2.29. The molecule has 21 heavy (non-hydrogen) atoms. The zero-order valence-corrected chi connectivity index (χ0v) is 15.4. The van der Waals surface area contributed by atoms with Crippen LogP contribution in [0.25, 0.3) is 0 Å². The molecule has 1 aromatic heterocycles. The lowest BCUT2D eigenvalue weighted by atomic mass is 9.97. The minimum absolute atomic E-state index is 0.299. The number of hydrogen-bond donors (Lipinski definition) is 1. The summed E-state index contributed by atoms with van der Waals surface area (Å²) < 4.78 is 1.17. The quantitative estimate of drug-likeness (QED) is 0.653. The van der Waals surface area contributed by atoms with Gasteiger partial charge in [0.2, 0.25) is 0 Å². The lowest BCUT2D eigenvalue weighted by molar-refractivity contribution is 0.602. The van der Waals surface area contributed by atoms with E-state index in [9.17, 15) is 0 Å². The van der Waals surface area contributed by atoms with E-state index < -0.39 is 0 Å². The van der Waals surface area contributed by atoms with Gasteiger partial charge in [-0.05, 0) is 58.4 Å². The van der Waals surface area contributed by atoms with Crippen LogP contribution in [-0.2, 0) is 6.42 Å². The molecule has 3 heteroatoms. The van der Waals surface area contributed by atoms with E-state index in [1.807, 2.05) is 11.3 Å². The van der Waals surface area contributed by atoms with Crippen molar-refractivity contribution in [3.8, 4) is 0 Å². The highest BCUT2D eigenvalue weighted by Gasteiger charge is 2.15. The van der Waals surface area contributed by atoms with Crippen molar-refractivity contribution < 1.29 is 0 Å². The zero-order valence-electron chi connectivity index (χ0n) is 13.0. The van der Waals surface area contributed by atoms with Gasteiger partial charge in [0.25, 0.3) is 0 Å². The Morgan fingerprint density at radius 1 is 1.24 bits per heavy atom. The molecule has 1 aromatic carbocycles. The summed E-state index contributed by atoms with van der Waals surface area (Å²) in [5.41, 5.74) is 2.80. The van der Waals surface area contributed by atoms with Crippen LogP contribution in [0.3, 0.4) is 0 Å². The van der Waals surface area contributed by atoms with Crippen LogP contribution in [0.5, 0.6) is 0 Å². The predicted molar refractivity (Wildman–Crippen MR) is 97.1 cm³/mol. The first-order valence-corrected chi connectivity index (χ1v) is 9.33. The van der Waals surface area contributed by atoms with Gasteiger partial charge < -0.3 is 5.32 Å². The SMILES string of the molecule is CCCNC(c1cccc(CC(C)C)c1)c1cc(Br)cs1. The third-order valence-electron chi connectivity index (χ3n) is 3.40. The van der Waals surface area contributed by atoms with Gasteiger partial charge >= 0.3 is 0 Å². The van der Waals surface area contributed by atoms with Crippen LogP contribution in [0.2, 0.25) is 0 Å². The molecule has 2 aromatic rings. The van der Waals surface area contributed by atoms with Crippen molar-refractivity contribution in [1.82, 2.24) is 5.32 Å². The maximum atomic E-state index is 3.69. The second-order valence-electron chi connectivity index (χ2n) is 5.90. The molecule has 0 aliphatic rings. The van der Waals surface area contributed by atoms with Crippen molar-refractivity contribution in [2.75, 3.05) is 6.54 Å². The number of nitrogens with one attached hydrogen (secondary N) is 1. The molecule has 1 nitrogen and oxygen atoms in total. The van der Waals surface area contributed by atoms with Gasteiger partial charge in [-0.15, -0.1) is 11.3 Å². The van der Waals surface area contributed by atoms with Gasteiger partial charge in [0.15, 0.2) is 0 Å². The van der Waals surface area contributed by atoms with Crippen molar-refractivity contribution in [3.05, 3.63) is 56.2 Å². The van der Waals surface area contributed by atoms with E-state index in [4.69, 9.17) is 0 Å². The average molecular weight is 366 g/mol. The smallest absolute Gasteiger partial charge is 0.0671 e. The molecule has 0 saturated heterocycles. The molecule has 0 aliphatic heterocycles. The number of hydrogen-bond acceptors (Lipinski definition) is 2. The normalized spacial score (nSPS) is 12.8. The van der Waals surface area contributed by atoms with Gasteiger partial charge in [-0.2, -0.15) is 0 Å². The molecule has 0 amide bonds. The van der Waals surface area contributed by atoms with E-state index in [-0.39, 0.29) is 0 Å². The van der Waals surface area contributed by atoms with Crippen molar-refractivity contribution in [2.24, 2.45) is 5.92 Å². The van der Waals surface area contributed by atoms with Crippen molar-refractivity contribution in [1.29, 1.82) is 0 Å². The minimum atomic E-state index is 0.299. The van der Waals surface area contributed by atoms with Crippen LogP contribution in [0.4, 0.5) is 0 Å². The standard InChI is InChI=1S/C18H24BrNS/c1-4-8-20-18(17-11-16(19)12-21-17)15-7-5-6-14(10-15)9-13(2)3/h5-7,10-13,18,20H,4,8-9H2,1-3H3. The van der Waals surface area contributed by atoms with Crippen LogP contribution >= 0.6 is 27.3 Å². The Labute approximate surface area is 140 Å². The molecule has 2 rings (SSSR count). The Morgan fingerprint density at radius 3 is 2.67 bits per heavy atom. The highest BCUT2D eigenvalue weighted by molar-refractivity contribution is 9.10. The Balaban J connectivity index is 2.27. The Kier molecular flexibility index (Phi) is 6.46. The second kappa shape index (κ2) is 8.11. The largest absolute Gasteiger partial charge is 0.306 e. The highest BCUT2D eigenvalue weighted by atomic mass is 79.9. The van der Waals surface area contributed by atoms with E-state index >= 15 is 0 Å². The first-order valence-electron chi connectivity index (χ1n) is 7.66. The molecule has 1 heterocycles. The number of benzene rings is 1. The molecule has 1 atom stereocenters. The monoisotopic (exact) mass is 365 g/mol. The maximum Gasteiger partial charge on any atom is 0.0671 e. The number of halogens is 1. The lowest BCUT2D eigenvalue weighted by Crippen LogP contribution is -2.22. The molecule has 0 spiro atoms. The van der Waals surface area contributed by atoms with Gasteiger partial charge in [-0.1, -0.05) is 45.0 Å². The Bertz CT molecular complexity index is 562. The van der Waals surface area contributed by atoms with Crippen molar-refractivity contribution >= 4 is 27.3 Å². The first-order chi connectivity index (χ1) is 10.1. The first kappa shape index (κ1) is 16.7. The summed E-state index contributed by atoms with van der Waals surface area (Å²) in [5, 5.41) is 5.85. The molecule has 0 fully saturated rings. The van der Waals surface area contributed by atoms with Gasteiger partial charge in [0.05, 0.1) is 6.04 Å². The Hall–Kier alpha value is -0.640. The summed E-state index contributed by atoms with van der Waals surface area (Å²) in [6, 6.07) is 11.6. The fourth-order valence-corrected chi connectivity index (χ4v) is 4.07. The summed E-state index contributed by atoms with van der Waals surface area (Å²) in [6.45, 7) is 7.80. The second-order valence-corrected chi connectivity index (χ2v) is 7.76. The van der Waals surface area contributed by atoms with E-state index in [1.165, 1.54) is 20.5 Å². The summed E-state index contributed by atoms with van der Waals surface area (Å²) >= 11 is 5.38. The van der Waals surface area contributed by atoms with E-state index in [2.05, 4.69) is 77.7 Å². The van der Waals surface area contributed by atoms with Gasteiger partial charge in [0.1, 0.15) is 0 Å². The molecule has 1 N–H and O–H groups in total. The molecule has 114 valence electrons. The van der Waals surface area contributed by atoms with Crippen LogP contribution in [0.15, 0.2) is 40.2 Å². The zero-order chi connectivity index (χ0) is 15.2. The molecule has 1 unspecified atom stereocenters. The van der Waals surface area contributed by atoms with Crippen molar-refractivity contribution in [2.45, 2.75) is 39.7 Å². The molecular weight excluding hydrogens is 342 g/mol. The van der Waals surface area contributed by atoms with Crippen molar-refractivity contribution in [3.63, 3.8) is 0 Å². The fraction of sp³-hybridized carbons (Fsp3) is 0.444. The average Bonchev–Trinajstić information content (AvgIpc) is 2.85. The van der Waals surface area contributed by atoms with Crippen LogP contribution < -0.4 is 5.32 Å². The summed E-state index contributed by atoms with van der Waals surface area (Å²) in [4.78, 5) is 1.37. The summed E-state index contributed by atoms with van der Waals surface area (Å²) in [5.74, 6) is 0.693. The lowest BCUT2D eigenvalue weighted by Gasteiger charge is -2.19. The van der Waals surface area contributed by atoms with Crippen LogP contribution in [0.1, 0.15) is 49.2 Å². The predicted octanol–water partition coefficient (Wildman–Crippen LogP) is 5.80.